The Hall–Kier alpha value is -2.01. The molecule has 23 heavy (non-hydrogen) atoms. The van der Waals surface area contributed by atoms with E-state index in [2.05, 4.69) is 26.2 Å². The lowest BCUT2D eigenvalue weighted by molar-refractivity contribution is 0.354. The summed E-state index contributed by atoms with van der Waals surface area (Å²) in [4.78, 5) is 4.57. The summed E-state index contributed by atoms with van der Waals surface area (Å²) in [6, 6.07) is 13.9. The number of nitrogens with zero attached hydrogens (tertiary/aromatic N) is 1. The summed E-state index contributed by atoms with van der Waals surface area (Å²) < 4.78 is 11.6. The van der Waals surface area contributed by atoms with Gasteiger partial charge in [-0.1, -0.05) is 18.2 Å². The van der Waals surface area contributed by atoms with Crippen molar-refractivity contribution in [2.24, 2.45) is 4.99 Å². The Labute approximate surface area is 145 Å². The number of hydrogen-bond donors (Lipinski definition) is 1. The van der Waals surface area contributed by atoms with Gasteiger partial charge < -0.3 is 14.8 Å². The monoisotopic (exact) mass is 376 g/mol. The first-order valence-corrected chi connectivity index (χ1v) is 8.17. The van der Waals surface area contributed by atoms with Crippen molar-refractivity contribution < 1.29 is 9.47 Å². The van der Waals surface area contributed by atoms with Crippen molar-refractivity contribution in [3.63, 3.8) is 0 Å². The van der Waals surface area contributed by atoms with E-state index in [1.54, 1.807) is 14.2 Å². The number of hydrogen-bond acceptors (Lipinski definition) is 3. The van der Waals surface area contributed by atoms with Crippen LogP contribution in [0.2, 0.25) is 0 Å². The van der Waals surface area contributed by atoms with Crippen molar-refractivity contribution in [3.8, 4) is 11.5 Å². The molecular formula is C18H21BrN2O2. The normalized spacial score (nSPS) is 11.2. The molecule has 0 fully saturated rings. The van der Waals surface area contributed by atoms with Gasteiger partial charge in [0.15, 0.2) is 11.5 Å². The zero-order valence-corrected chi connectivity index (χ0v) is 15.2. The van der Waals surface area contributed by atoms with Gasteiger partial charge >= 0.3 is 0 Å². The van der Waals surface area contributed by atoms with E-state index in [9.17, 15) is 0 Å². The molecule has 0 heterocycles. The molecule has 2 rings (SSSR count). The number of benzene rings is 2. The molecule has 0 spiro atoms. The van der Waals surface area contributed by atoms with E-state index in [1.807, 2.05) is 49.4 Å². The van der Waals surface area contributed by atoms with Crippen LogP contribution in [-0.4, -0.2) is 26.6 Å². The van der Waals surface area contributed by atoms with E-state index in [-0.39, 0.29) is 0 Å². The third-order valence-electron chi connectivity index (χ3n) is 3.39. The summed E-state index contributed by atoms with van der Waals surface area (Å²) >= 11 is 3.52. The number of halogens is 1. The minimum Gasteiger partial charge on any atom is -0.493 e. The van der Waals surface area contributed by atoms with Crippen LogP contribution in [-0.2, 0) is 6.42 Å². The van der Waals surface area contributed by atoms with E-state index in [0.717, 1.165) is 33.9 Å². The van der Waals surface area contributed by atoms with Crippen molar-refractivity contribution >= 4 is 27.5 Å². The van der Waals surface area contributed by atoms with Crippen molar-refractivity contribution in [2.45, 2.75) is 13.3 Å². The Balaban J connectivity index is 1.94. The molecule has 0 saturated heterocycles. The molecule has 0 aromatic heterocycles. The Morgan fingerprint density at radius 3 is 2.52 bits per heavy atom. The number of methoxy groups -OCH3 is 2. The number of ether oxygens (including phenoxy) is 2. The molecule has 0 atom stereocenters. The van der Waals surface area contributed by atoms with E-state index >= 15 is 0 Å². The van der Waals surface area contributed by atoms with Gasteiger partial charge in [0.2, 0.25) is 0 Å². The highest BCUT2D eigenvalue weighted by Crippen LogP contribution is 2.27. The third-order valence-corrected chi connectivity index (χ3v) is 4.08. The van der Waals surface area contributed by atoms with Crippen LogP contribution in [0.15, 0.2) is 51.9 Å². The molecular weight excluding hydrogens is 356 g/mol. The number of nitrogens with one attached hydrogen (secondary N) is 1. The molecule has 4 nitrogen and oxygen atoms in total. The average molecular weight is 377 g/mol. The molecule has 0 aliphatic rings. The van der Waals surface area contributed by atoms with Gasteiger partial charge in [-0.2, -0.15) is 0 Å². The van der Waals surface area contributed by atoms with Crippen LogP contribution >= 0.6 is 15.9 Å². The third kappa shape index (κ3) is 4.99. The highest BCUT2D eigenvalue weighted by atomic mass is 79.9. The Morgan fingerprint density at radius 1 is 1.09 bits per heavy atom. The van der Waals surface area contributed by atoms with Crippen LogP contribution in [0.25, 0.3) is 0 Å². The molecule has 5 heteroatoms. The fraction of sp³-hybridized carbons (Fsp3) is 0.278. The van der Waals surface area contributed by atoms with Crippen molar-refractivity contribution in [1.29, 1.82) is 0 Å². The van der Waals surface area contributed by atoms with Gasteiger partial charge in [0.05, 0.1) is 25.7 Å². The van der Waals surface area contributed by atoms with Gasteiger partial charge in [0, 0.05) is 11.0 Å². The fourth-order valence-electron chi connectivity index (χ4n) is 2.19. The molecule has 1 N–H and O–H groups in total. The van der Waals surface area contributed by atoms with E-state index in [1.165, 1.54) is 5.56 Å². The number of para-hydroxylation sites is 1. The lowest BCUT2D eigenvalue weighted by Crippen LogP contribution is -2.09. The zero-order valence-electron chi connectivity index (χ0n) is 13.6. The fourth-order valence-corrected chi connectivity index (χ4v) is 2.57. The van der Waals surface area contributed by atoms with E-state index in [4.69, 9.17) is 9.47 Å². The lowest BCUT2D eigenvalue weighted by Gasteiger charge is -2.10. The second kappa shape index (κ2) is 8.58. The van der Waals surface area contributed by atoms with Gasteiger partial charge in [-0.05, 0) is 59.1 Å². The summed E-state index contributed by atoms with van der Waals surface area (Å²) in [6.07, 6.45) is 0.843. The number of anilines is 1. The van der Waals surface area contributed by atoms with Gasteiger partial charge in [-0.15, -0.1) is 0 Å². The molecule has 2 aromatic carbocycles. The van der Waals surface area contributed by atoms with Crippen LogP contribution in [0.5, 0.6) is 11.5 Å². The van der Waals surface area contributed by atoms with Crippen molar-refractivity contribution in [2.75, 3.05) is 26.1 Å². The molecule has 0 bridgehead atoms. The predicted octanol–water partition coefficient (Wildman–Crippen LogP) is 4.54. The molecule has 0 amide bonds. The van der Waals surface area contributed by atoms with Crippen LogP contribution in [0.4, 0.5) is 5.69 Å². The summed E-state index contributed by atoms with van der Waals surface area (Å²) in [6.45, 7) is 2.67. The molecule has 122 valence electrons. The predicted molar refractivity (Wildman–Crippen MR) is 99.0 cm³/mol. The maximum Gasteiger partial charge on any atom is 0.160 e. The zero-order chi connectivity index (χ0) is 16.7. The smallest absolute Gasteiger partial charge is 0.160 e. The number of aliphatic imine (C=N–C) groups is 1. The molecule has 2 aromatic rings. The average Bonchev–Trinajstić information content (AvgIpc) is 2.56. The van der Waals surface area contributed by atoms with Crippen LogP contribution in [0.3, 0.4) is 0 Å². The Bertz CT molecular complexity index is 686. The van der Waals surface area contributed by atoms with Gasteiger partial charge in [-0.3, -0.25) is 4.99 Å². The first kappa shape index (κ1) is 17.3. The van der Waals surface area contributed by atoms with Crippen LogP contribution in [0, 0.1) is 0 Å². The minimum atomic E-state index is 0.707. The molecule has 0 unspecified atom stereocenters. The van der Waals surface area contributed by atoms with Crippen molar-refractivity contribution in [1.82, 2.24) is 0 Å². The lowest BCUT2D eigenvalue weighted by atomic mass is 10.1. The maximum atomic E-state index is 5.32. The quantitative estimate of drug-likeness (QED) is 0.594. The number of rotatable bonds is 6. The standard InChI is InChI=1S/C18H21BrN2O2/c1-13(21-16-7-5-4-6-15(16)19)20-11-10-14-8-9-17(22-2)18(12-14)23-3/h4-9,12H,10-11H2,1-3H3,(H,20,21). The van der Waals surface area contributed by atoms with Gasteiger partial charge in [0.25, 0.3) is 0 Å². The number of amidine groups is 1. The highest BCUT2D eigenvalue weighted by Gasteiger charge is 2.04. The second-order valence-electron chi connectivity index (χ2n) is 5.01. The Kier molecular flexibility index (Phi) is 6.47. The second-order valence-corrected chi connectivity index (χ2v) is 5.87. The Morgan fingerprint density at radius 2 is 1.83 bits per heavy atom. The first-order chi connectivity index (χ1) is 11.1. The van der Waals surface area contributed by atoms with Crippen LogP contribution in [0.1, 0.15) is 12.5 Å². The summed E-state index contributed by atoms with van der Waals surface area (Å²) in [5, 5.41) is 3.30. The summed E-state index contributed by atoms with van der Waals surface area (Å²) in [5.74, 6) is 2.38. The molecule has 0 saturated carbocycles. The summed E-state index contributed by atoms with van der Waals surface area (Å²) in [5.41, 5.74) is 2.18. The minimum absolute atomic E-state index is 0.707. The maximum absolute atomic E-state index is 5.32. The largest absolute Gasteiger partial charge is 0.493 e. The highest BCUT2D eigenvalue weighted by molar-refractivity contribution is 9.10. The molecule has 0 radical (unpaired) electrons. The van der Waals surface area contributed by atoms with E-state index in [0.29, 0.717) is 6.54 Å². The van der Waals surface area contributed by atoms with Crippen molar-refractivity contribution in [3.05, 3.63) is 52.5 Å². The topological polar surface area (TPSA) is 42.8 Å². The first-order valence-electron chi connectivity index (χ1n) is 7.37. The summed E-state index contributed by atoms with van der Waals surface area (Å²) in [7, 11) is 3.28. The van der Waals surface area contributed by atoms with Gasteiger partial charge in [-0.25, -0.2) is 0 Å². The molecule has 0 aliphatic heterocycles. The SMILES string of the molecule is COc1ccc(CCN=C(C)Nc2ccccc2Br)cc1OC. The van der Waals surface area contributed by atoms with Crippen LogP contribution < -0.4 is 14.8 Å². The van der Waals surface area contributed by atoms with Gasteiger partial charge in [0.1, 0.15) is 0 Å². The molecule has 0 aliphatic carbocycles. The van der Waals surface area contributed by atoms with E-state index < -0.39 is 0 Å².